The predicted octanol–water partition coefficient (Wildman–Crippen LogP) is 3.22. The smallest absolute Gasteiger partial charge is 0.296 e. The van der Waals surface area contributed by atoms with Crippen LogP contribution in [0.3, 0.4) is 0 Å². The van der Waals surface area contributed by atoms with Gasteiger partial charge in [-0.2, -0.15) is 10.1 Å². The second-order valence-electron chi connectivity index (χ2n) is 6.29. The Kier molecular flexibility index (Phi) is 4.07. The summed E-state index contributed by atoms with van der Waals surface area (Å²) in [6, 6.07) is 4.59. The molecule has 3 aromatic rings. The molecule has 1 amide bonds. The van der Waals surface area contributed by atoms with Crippen LogP contribution in [0.15, 0.2) is 35.1 Å². The van der Waals surface area contributed by atoms with Gasteiger partial charge >= 0.3 is 0 Å². The summed E-state index contributed by atoms with van der Waals surface area (Å²) in [4.78, 5) is 16.3. The molecule has 0 saturated carbocycles. The minimum Gasteiger partial charge on any atom is -0.350 e. The number of carbonyl (C=O) groups is 1. The molecule has 0 spiro atoms. The molecule has 2 heterocycles. The van der Waals surface area contributed by atoms with E-state index in [1.165, 1.54) is 17.1 Å². The van der Waals surface area contributed by atoms with Crippen LogP contribution in [0.5, 0.6) is 0 Å². The van der Waals surface area contributed by atoms with Crippen molar-refractivity contribution in [3.05, 3.63) is 48.0 Å². The lowest BCUT2D eigenvalue weighted by molar-refractivity contribution is 0.0986. The highest BCUT2D eigenvalue weighted by molar-refractivity contribution is 6.01. The van der Waals surface area contributed by atoms with E-state index in [0.717, 1.165) is 18.2 Å². The van der Waals surface area contributed by atoms with Crippen molar-refractivity contribution in [2.75, 3.05) is 5.32 Å². The quantitative estimate of drug-likeness (QED) is 0.786. The largest absolute Gasteiger partial charge is 0.350 e. The molecule has 1 N–H and O–H groups in total. The second kappa shape index (κ2) is 6.08. The van der Waals surface area contributed by atoms with Crippen molar-refractivity contribution in [1.29, 1.82) is 0 Å². The summed E-state index contributed by atoms with van der Waals surface area (Å²) in [7, 11) is 0. The predicted molar refractivity (Wildman–Crippen MR) is 84.8 cm³/mol. The first kappa shape index (κ1) is 16.7. The molecule has 0 radical (unpaired) electrons. The standard InChI is InChI=1S/C16H15F2N5O2/c1-16(2,3)23-15(19-8-20-23)21-14(24)12-7-11(22-25-12)13-9(17)5-4-6-10(13)18/h4-8H,1-3H3,(H,19,20,21,24). The van der Waals surface area contributed by atoms with E-state index in [4.69, 9.17) is 4.52 Å². The molecule has 0 saturated heterocycles. The fourth-order valence-electron chi connectivity index (χ4n) is 2.22. The van der Waals surface area contributed by atoms with Crippen molar-refractivity contribution in [3.63, 3.8) is 0 Å². The van der Waals surface area contributed by atoms with E-state index in [9.17, 15) is 13.6 Å². The average molecular weight is 347 g/mol. The number of benzene rings is 1. The zero-order valence-electron chi connectivity index (χ0n) is 13.7. The van der Waals surface area contributed by atoms with Gasteiger partial charge in [-0.25, -0.2) is 13.5 Å². The van der Waals surface area contributed by atoms with Gasteiger partial charge in [0.25, 0.3) is 5.91 Å². The van der Waals surface area contributed by atoms with Gasteiger partial charge in [-0.15, -0.1) is 0 Å². The summed E-state index contributed by atoms with van der Waals surface area (Å²) in [5.41, 5.74) is -0.872. The molecule has 0 aliphatic heterocycles. The van der Waals surface area contributed by atoms with Crippen LogP contribution < -0.4 is 5.32 Å². The molecule has 0 atom stereocenters. The van der Waals surface area contributed by atoms with Crippen LogP contribution >= 0.6 is 0 Å². The Morgan fingerprint density at radius 3 is 2.56 bits per heavy atom. The maximum Gasteiger partial charge on any atom is 0.296 e. The van der Waals surface area contributed by atoms with Gasteiger partial charge in [0, 0.05) is 6.07 Å². The Hall–Kier alpha value is -3.10. The number of nitrogens with zero attached hydrogens (tertiary/aromatic N) is 4. The molecule has 1 aromatic carbocycles. The van der Waals surface area contributed by atoms with Crippen molar-refractivity contribution in [2.45, 2.75) is 26.3 Å². The topological polar surface area (TPSA) is 85.8 Å². The van der Waals surface area contributed by atoms with Gasteiger partial charge < -0.3 is 4.52 Å². The molecule has 25 heavy (non-hydrogen) atoms. The van der Waals surface area contributed by atoms with E-state index in [2.05, 4.69) is 20.6 Å². The van der Waals surface area contributed by atoms with E-state index in [1.807, 2.05) is 20.8 Å². The molecular weight excluding hydrogens is 332 g/mol. The number of hydrogen-bond donors (Lipinski definition) is 1. The summed E-state index contributed by atoms with van der Waals surface area (Å²) < 4.78 is 34.0. The third-order valence-electron chi connectivity index (χ3n) is 3.36. The van der Waals surface area contributed by atoms with Gasteiger partial charge in [0.2, 0.25) is 11.7 Å². The monoisotopic (exact) mass is 347 g/mol. The van der Waals surface area contributed by atoms with Gasteiger partial charge in [-0.1, -0.05) is 11.2 Å². The van der Waals surface area contributed by atoms with Crippen LogP contribution in [-0.4, -0.2) is 25.8 Å². The molecule has 130 valence electrons. The Morgan fingerprint density at radius 1 is 1.24 bits per heavy atom. The molecule has 2 aromatic heterocycles. The van der Waals surface area contributed by atoms with Crippen LogP contribution in [-0.2, 0) is 5.54 Å². The van der Waals surface area contributed by atoms with Crippen molar-refractivity contribution in [2.24, 2.45) is 0 Å². The van der Waals surface area contributed by atoms with E-state index in [0.29, 0.717) is 0 Å². The van der Waals surface area contributed by atoms with Crippen molar-refractivity contribution < 1.29 is 18.1 Å². The Morgan fingerprint density at radius 2 is 1.92 bits per heavy atom. The van der Waals surface area contributed by atoms with Crippen LogP contribution in [0.2, 0.25) is 0 Å². The number of carbonyl (C=O) groups excluding carboxylic acids is 1. The highest BCUT2D eigenvalue weighted by atomic mass is 19.1. The Bertz CT molecular complexity index is 907. The maximum atomic E-state index is 13.8. The van der Waals surface area contributed by atoms with Crippen LogP contribution in [0.1, 0.15) is 31.3 Å². The Balaban J connectivity index is 1.86. The number of aromatic nitrogens is 4. The van der Waals surface area contributed by atoms with Crippen molar-refractivity contribution in [1.82, 2.24) is 19.9 Å². The molecular formula is C16H15F2N5O2. The number of amides is 1. The molecule has 7 nitrogen and oxygen atoms in total. The zero-order chi connectivity index (χ0) is 18.2. The van der Waals surface area contributed by atoms with E-state index in [-0.39, 0.29) is 23.0 Å². The minimum absolute atomic E-state index is 0.113. The number of hydrogen-bond acceptors (Lipinski definition) is 5. The first-order valence-corrected chi connectivity index (χ1v) is 7.40. The molecule has 0 aliphatic rings. The lowest BCUT2D eigenvalue weighted by Crippen LogP contribution is -2.27. The first-order valence-electron chi connectivity index (χ1n) is 7.40. The molecule has 3 rings (SSSR count). The molecule has 0 fully saturated rings. The lowest BCUT2D eigenvalue weighted by Gasteiger charge is -2.20. The molecule has 0 bridgehead atoms. The Labute approximate surface area is 141 Å². The summed E-state index contributed by atoms with van der Waals surface area (Å²) in [5.74, 6) is -2.25. The summed E-state index contributed by atoms with van der Waals surface area (Å²) in [6.07, 6.45) is 1.31. The third kappa shape index (κ3) is 3.25. The number of anilines is 1. The fraction of sp³-hybridized carbons (Fsp3) is 0.250. The van der Waals surface area contributed by atoms with Gasteiger partial charge in [0.05, 0.1) is 11.1 Å². The first-order chi connectivity index (χ1) is 11.8. The van der Waals surface area contributed by atoms with Crippen LogP contribution in [0, 0.1) is 11.6 Å². The molecule has 9 heteroatoms. The van der Waals surface area contributed by atoms with Crippen LogP contribution in [0.25, 0.3) is 11.3 Å². The lowest BCUT2D eigenvalue weighted by atomic mass is 10.1. The van der Waals surface area contributed by atoms with Crippen molar-refractivity contribution in [3.8, 4) is 11.3 Å². The maximum absolute atomic E-state index is 13.8. The normalized spacial score (nSPS) is 11.6. The number of nitrogens with one attached hydrogen (secondary N) is 1. The van der Waals surface area contributed by atoms with E-state index >= 15 is 0 Å². The summed E-state index contributed by atoms with van der Waals surface area (Å²) in [5, 5.41) is 10.2. The number of rotatable bonds is 3. The van der Waals surface area contributed by atoms with Crippen molar-refractivity contribution >= 4 is 11.9 Å². The fourth-order valence-corrected chi connectivity index (χ4v) is 2.22. The van der Waals surface area contributed by atoms with Crippen LogP contribution in [0.4, 0.5) is 14.7 Å². The third-order valence-corrected chi connectivity index (χ3v) is 3.36. The average Bonchev–Trinajstić information content (AvgIpc) is 3.15. The highest BCUT2D eigenvalue weighted by Crippen LogP contribution is 2.26. The highest BCUT2D eigenvalue weighted by Gasteiger charge is 2.23. The molecule has 0 unspecified atom stereocenters. The van der Waals surface area contributed by atoms with Gasteiger partial charge in [0.15, 0.2) is 0 Å². The second-order valence-corrected chi connectivity index (χ2v) is 6.29. The van der Waals surface area contributed by atoms with E-state index < -0.39 is 23.1 Å². The molecule has 0 aliphatic carbocycles. The van der Waals surface area contributed by atoms with Gasteiger partial charge in [0.1, 0.15) is 23.7 Å². The SMILES string of the molecule is CC(C)(C)n1ncnc1NC(=O)c1cc(-c2c(F)cccc2F)no1. The summed E-state index contributed by atoms with van der Waals surface area (Å²) in [6.45, 7) is 5.68. The van der Waals surface area contributed by atoms with Gasteiger partial charge in [-0.3, -0.25) is 10.1 Å². The number of halogens is 2. The zero-order valence-corrected chi connectivity index (χ0v) is 13.7. The van der Waals surface area contributed by atoms with E-state index in [1.54, 1.807) is 0 Å². The minimum atomic E-state index is -0.798. The summed E-state index contributed by atoms with van der Waals surface area (Å²) >= 11 is 0. The van der Waals surface area contributed by atoms with Gasteiger partial charge in [-0.05, 0) is 32.9 Å².